The second-order valence-electron chi connectivity index (χ2n) is 7.78. The van der Waals surface area contributed by atoms with Gasteiger partial charge in [0.2, 0.25) is 0 Å². The van der Waals surface area contributed by atoms with Crippen LogP contribution in [-0.2, 0) is 6.42 Å². The van der Waals surface area contributed by atoms with Crippen LogP contribution in [0.5, 0.6) is 0 Å². The Balaban J connectivity index is 1.47. The van der Waals surface area contributed by atoms with Crippen LogP contribution in [0, 0.1) is 13.8 Å². The second kappa shape index (κ2) is 7.16. The van der Waals surface area contributed by atoms with Gasteiger partial charge in [0.25, 0.3) is 5.91 Å². The number of aromatic nitrogens is 2. The van der Waals surface area contributed by atoms with Crippen molar-refractivity contribution in [2.24, 2.45) is 0 Å². The molecule has 1 unspecified atom stereocenters. The highest BCUT2D eigenvalue weighted by Gasteiger charge is 2.24. The Morgan fingerprint density at radius 3 is 2.86 bits per heavy atom. The van der Waals surface area contributed by atoms with Crippen molar-refractivity contribution in [3.05, 3.63) is 81.9 Å². The highest BCUT2D eigenvalue weighted by atomic mass is 32.1. The number of hydrogen-bond donors (Lipinski definition) is 1. The molecule has 1 amide bonds. The fourth-order valence-electron chi connectivity index (χ4n) is 4.23. The van der Waals surface area contributed by atoms with E-state index in [9.17, 15) is 4.79 Å². The predicted octanol–water partition coefficient (Wildman–Crippen LogP) is 5.51. The molecule has 0 spiro atoms. The van der Waals surface area contributed by atoms with E-state index in [1.807, 2.05) is 23.7 Å². The Morgan fingerprint density at radius 1 is 1.14 bits per heavy atom. The quantitative estimate of drug-likeness (QED) is 0.492. The highest BCUT2D eigenvalue weighted by molar-refractivity contribution is 7.20. The molecule has 4 aromatic rings. The van der Waals surface area contributed by atoms with Crippen LogP contribution in [0.25, 0.3) is 15.9 Å². The first-order valence-electron chi connectivity index (χ1n) is 10.0. The van der Waals surface area contributed by atoms with Gasteiger partial charge in [-0.25, -0.2) is 4.68 Å². The van der Waals surface area contributed by atoms with Crippen LogP contribution in [0.2, 0.25) is 0 Å². The number of hydrogen-bond acceptors (Lipinski definition) is 3. The number of fused-ring (bicyclic) bond motifs is 2. The standard InChI is InChI=1S/C24H23N3OS/c1-15-7-5-10-18(13-15)27-24-20(16(2)26-27)14-22(29-24)23(28)25-21-12-6-9-17-8-3-4-11-19(17)21/h3-5,7-8,10-11,13-14,21H,6,9,12H2,1-2H3,(H,25,28). The number of thiophene rings is 1. The van der Waals surface area contributed by atoms with Crippen LogP contribution in [0.1, 0.15) is 50.9 Å². The van der Waals surface area contributed by atoms with Crippen molar-refractivity contribution < 1.29 is 4.79 Å². The van der Waals surface area contributed by atoms with Crippen LogP contribution in [0.15, 0.2) is 54.6 Å². The summed E-state index contributed by atoms with van der Waals surface area (Å²) >= 11 is 1.51. The Labute approximate surface area is 174 Å². The predicted molar refractivity (Wildman–Crippen MR) is 118 cm³/mol. The molecule has 0 saturated carbocycles. The fraction of sp³-hybridized carbons (Fsp3) is 0.250. The number of benzene rings is 2. The summed E-state index contributed by atoms with van der Waals surface area (Å²) in [6, 6.07) is 18.8. The van der Waals surface area contributed by atoms with E-state index in [2.05, 4.69) is 54.7 Å². The van der Waals surface area contributed by atoms with Gasteiger partial charge in [0.15, 0.2) is 0 Å². The van der Waals surface area contributed by atoms with Crippen molar-refractivity contribution in [3.8, 4) is 5.69 Å². The Bertz CT molecular complexity index is 1220. The molecule has 4 nitrogen and oxygen atoms in total. The van der Waals surface area contributed by atoms with Crippen LogP contribution in [0.3, 0.4) is 0 Å². The number of nitrogens with zero attached hydrogens (tertiary/aromatic N) is 2. The number of nitrogens with one attached hydrogen (secondary N) is 1. The van der Waals surface area contributed by atoms with E-state index in [-0.39, 0.29) is 11.9 Å². The van der Waals surface area contributed by atoms with Crippen molar-refractivity contribution >= 4 is 27.5 Å². The maximum Gasteiger partial charge on any atom is 0.261 e. The van der Waals surface area contributed by atoms with Crippen molar-refractivity contribution in [2.75, 3.05) is 0 Å². The molecule has 0 bridgehead atoms. The van der Waals surface area contributed by atoms with E-state index in [1.165, 1.54) is 28.0 Å². The molecule has 1 aliphatic carbocycles. The fourth-order valence-corrected chi connectivity index (χ4v) is 5.31. The highest BCUT2D eigenvalue weighted by Crippen LogP contribution is 2.33. The first-order chi connectivity index (χ1) is 14.1. The van der Waals surface area contributed by atoms with Crippen LogP contribution >= 0.6 is 11.3 Å². The number of rotatable bonds is 3. The van der Waals surface area contributed by atoms with Gasteiger partial charge >= 0.3 is 0 Å². The maximum atomic E-state index is 13.1. The van der Waals surface area contributed by atoms with Crippen molar-refractivity contribution in [2.45, 2.75) is 39.2 Å². The van der Waals surface area contributed by atoms with Gasteiger partial charge in [0, 0.05) is 5.39 Å². The minimum Gasteiger partial charge on any atom is -0.345 e. The first kappa shape index (κ1) is 18.1. The molecule has 2 aromatic carbocycles. The maximum absolute atomic E-state index is 13.1. The van der Waals surface area contributed by atoms with Gasteiger partial charge in [0.05, 0.1) is 22.3 Å². The van der Waals surface area contributed by atoms with Gasteiger partial charge in [-0.05, 0) is 68.0 Å². The zero-order chi connectivity index (χ0) is 20.0. The molecule has 0 aliphatic heterocycles. The average Bonchev–Trinajstić information content (AvgIpc) is 3.29. The third-order valence-corrected chi connectivity index (χ3v) is 6.80. The van der Waals surface area contributed by atoms with Gasteiger partial charge in [-0.1, -0.05) is 36.4 Å². The van der Waals surface area contributed by atoms with E-state index >= 15 is 0 Å². The van der Waals surface area contributed by atoms with Crippen LogP contribution in [0.4, 0.5) is 0 Å². The zero-order valence-electron chi connectivity index (χ0n) is 16.6. The second-order valence-corrected chi connectivity index (χ2v) is 8.81. The molecular weight excluding hydrogens is 378 g/mol. The molecule has 1 aliphatic rings. The molecule has 0 saturated heterocycles. The van der Waals surface area contributed by atoms with Gasteiger partial charge in [-0.2, -0.15) is 5.10 Å². The zero-order valence-corrected chi connectivity index (χ0v) is 17.4. The first-order valence-corrected chi connectivity index (χ1v) is 10.9. The summed E-state index contributed by atoms with van der Waals surface area (Å²) in [6.07, 6.45) is 3.19. The number of amides is 1. The summed E-state index contributed by atoms with van der Waals surface area (Å²) in [5.74, 6) is 0.00287. The number of aryl methyl sites for hydroxylation is 3. The normalized spacial score (nSPS) is 16.0. The Hall–Kier alpha value is -2.92. The van der Waals surface area contributed by atoms with Crippen molar-refractivity contribution in [1.82, 2.24) is 15.1 Å². The van der Waals surface area contributed by atoms with Gasteiger partial charge in [0.1, 0.15) is 4.83 Å². The molecule has 5 heteroatoms. The lowest BCUT2D eigenvalue weighted by molar-refractivity contribution is 0.0937. The van der Waals surface area contributed by atoms with E-state index in [0.717, 1.165) is 45.7 Å². The summed E-state index contributed by atoms with van der Waals surface area (Å²) in [7, 11) is 0. The molecule has 0 fully saturated rings. The lowest BCUT2D eigenvalue weighted by atomic mass is 9.88. The molecule has 1 atom stereocenters. The van der Waals surface area contributed by atoms with Gasteiger partial charge < -0.3 is 5.32 Å². The van der Waals surface area contributed by atoms with E-state index in [0.29, 0.717) is 0 Å². The molecule has 2 heterocycles. The molecule has 29 heavy (non-hydrogen) atoms. The average molecular weight is 402 g/mol. The van der Waals surface area contributed by atoms with E-state index < -0.39 is 0 Å². The van der Waals surface area contributed by atoms with Gasteiger partial charge in [-0.15, -0.1) is 11.3 Å². The molecule has 1 N–H and O–H groups in total. The summed E-state index contributed by atoms with van der Waals surface area (Å²) in [5.41, 5.74) is 5.77. The van der Waals surface area contributed by atoms with Crippen molar-refractivity contribution in [1.29, 1.82) is 0 Å². The SMILES string of the molecule is Cc1cccc(-n2nc(C)c3cc(C(=O)NC4CCCc5ccccc54)sc32)c1. The van der Waals surface area contributed by atoms with E-state index in [4.69, 9.17) is 5.10 Å². The van der Waals surface area contributed by atoms with Crippen molar-refractivity contribution in [3.63, 3.8) is 0 Å². The molecule has 0 radical (unpaired) electrons. The molecule has 2 aromatic heterocycles. The molecule has 146 valence electrons. The lowest BCUT2D eigenvalue weighted by Crippen LogP contribution is -2.30. The van der Waals surface area contributed by atoms with E-state index in [1.54, 1.807) is 0 Å². The Kier molecular flexibility index (Phi) is 4.47. The summed E-state index contributed by atoms with van der Waals surface area (Å²) in [5, 5.41) is 9.02. The summed E-state index contributed by atoms with van der Waals surface area (Å²) in [6.45, 7) is 4.08. The number of carbonyl (C=O) groups excluding carboxylic acids is 1. The third kappa shape index (κ3) is 3.25. The van der Waals surface area contributed by atoms with Crippen LogP contribution < -0.4 is 5.32 Å². The topological polar surface area (TPSA) is 46.9 Å². The minimum atomic E-state index is 0.00287. The largest absolute Gasteiger partial charge is 0.345 e. The molecule has 5 rings (SSSR count). The monoisotopic (exact) mass is 401 g/mol. The summed E-state index contributed by atoms with van der Waals surface area (Å²) < 4.78 is 1.95. The molecular formula is C24H23N3OS. The smallest absolute Gasteiger partial charge is 0.261 e. The lowest BCUT2D eigenvalue weighted by Gasteiger charge is -2.26. The number of carbonyl (C=O) groups is 1. The third-order valence-electron chi connectivity index (χ3n) is 5.69. The minimum absolute atomic E-state index is 0.00287. The van der Waals surface area contributed by atoms with Crippen LogP contribution in [-0.4, -0.2) is 15.7 Å². The summed E-state index contributed by atoms with van der Waals surface area (Å²) in [4.78, 5) is 14.8. The van der Waals surface area contributed by atoms with Gasteiger partial charge in [-0.3, -0.25) is 4.79 Å². The Morgan fingerprint density at radius 2 is 2.00 bits per heavy atom.